The Morgan fingerprint density at radius 1 is 1.22 bits per heavy atom. The standard InChI is InChI=1S/C11H25N3O3.HI/c1-3-12-11(14-6-7-15)13-5-4-8-17-10-9-16-2;/h15H,3-10H2,1-2H3,(H2,12,13,14);1H. The van der Waals surface area contributed by atoms with E-state index in [0.29, 0.717) is 32.9 Å². The zero-order chi connectivity index (χ0) is 12.8. The lowest BCUT2D eigenvalue weighted by molar-refractivity contribution is 0.0702. The van der Waals surface area contributed by atoms with Gasteiger partial charge in [0.25, 0.3) is 0 Å². The Labute approximate surface area is 127 Å². The van der Waals surface area contributed by atoms with E-state index in [0.717, 1.165) is 18.9 Å². The topological polar surface area (TPSA) is 75.1 Å². The third-order valence-corrected chi connectivity index (χ3v) is 1.90. The minimum Gasteiger partial charge on any atom is -0.395 e. The second-order valence-corrected chi connectivity index (χ2v) is 3.37. The minimum absolute atomic E-state index is 0. The largest absolute Gasteiger partial charge is 0.395 e. The summed E-state index contributed by atoms with van der Waals surface area (Å²) in [5, 5.41) is 14.8. The quantitative estimate of drug-likeness (QED) is 0.220. The number of hydrogen-bond donors (Lipinski definition) is 3. The van der Waals surface area contributed by atoms with E-state index in [9.17, 15) is 0 Å². The second-order valence-electron chi connectivity index (χ2n) is 3.37. The first-order chi connectivity index (χ1) is 8.35. The summed E-state index contributed by atoms with van der Waals surface area (Å²) >= 11 is 0. The highest BCUT2D eigenvalue weighted by molar-refractivity contribution is 14.0. The van der Waals surface area contributed by atoms with Gasteiger partial charge >= 0.3 is 0 Å². The van der Waals surface area contributed by atoms with Gasteiger partial charge in [0, 0.05) is 33.4 Å². The third kappa shape index (κ3) is 13.9. The van der Waals surface area contributed by atoms with E-state index in [1.54, 1.807) is 7.11 Å². The summed E-state index contributed by atoms with van der Waals surface area (Å²) in [6, 6.07) is 0. The van der Waals surface area contributed by atoms with E-state index in [1.165, 1.54) is 0 Å². The van der Waals surface area contributed by atoms with Crippen molar-refractivity contribution in [3.05, 3.63) is 0 Å². The Morgan fingerprint density at radius 3 is 2.61 bits per heavy atom. The van der Waals surface area contributed by atoms with Crippen LogP contribution in [0.2, 0.25) is 0 Å². The average molecular weight is 375 g/mol. The highest BCUT2D eigenvalue weighted by Crippen LogP contribution is 1.85. The van der Waals surface area contributed by atoms with Crippen LogP contribution in [-0.2, 0) is 9.47 Å². The van der Waals surface area contributed by atoms with E-state index in [4.69, 9.17) is 14.6 Å². The number of hydrogen-bond acceptors (Lipinski definition) is 4. The highest BCUT2D eigenvalue weighted by atomic mass is 127. The lowest BCUT2D eigenvalue weighted by Gasteiger charge is -2.09. The highest BCUT2D eigenvalue weighted by Gasteiger charge is 1.95. The molecule has 0 bridgehead atoms. The molecule has 0 heterocycles. The molecule has 0 unspecified atom stereocenters. The van der Waals surface area contributed by atoms with Gasteiger partial charge in [-0.2, -0.15) is 0 Å². The summed E-state index contributed by atoms with van der Waals surface area (Å²) in [7, 11) is 1.66. The number of rotatable bonds is 10. The Hall–Kier alpha value is -0.120. The molecule has 0 aromatic rings. The molecule has 18 heavy (non-hydrogen) atoms. The maximum Gasteiger partial charge on any atom is 0.191 e. The molecule has 0 spiro atoms. The van der Waals surface area contributed by atoms with Gasteiger partial charge in [0.2, 0.25) is 0 Å². The molecule has 7 heteroatoms. The summed E-state index contributed by atoms with van der Waals surface area (Å²) in [4.78, 5) is 4.34. The molecule has 0 aliphatic heterocycles. The smallest absolute Gasteiger partial charge is 0.191 e. The van der Waals surface area contributed by atoms with Crippen LogP contribution >= 0.6 is 24.0 Å². The van der Waals surface area contributed by atoms with Crippen LogP contribution in [0, 0.1) is 0 Å². The van der Waals surface area contributed by atoms with Gasteiger partial charge < -0.3 is 25.2 Å². The van der Waals surface area contributed by atoms with Crippen molar-refractivity contribution in [2.45, 2.75) is 13.3 Å². The molecule has 0 radical (unpaired) electrons. The van der Waals surface area contributed by atoms with Crippen molar-refractivity contribution >= 4 is 29.9 Å². The summed E-state index contributed by atoms with van der Waals surface area (Å²) in [5.41, 5.74) is 0. The van der Waals surface area contributed by atoms with Crippen molar-refractivity contribution in [1.82, 2.24) is 10.6 Å². The van der Waals surface area contributed by atoms with Crippen LogP contribution in [0.1, 0.15) is 13.3 Å². The third-order valence-electron chi connectivity index (χ3n) is 1.90. The molecule has 0 saturated carbocycles. The summed E-state index contributed by atoms with van der Waals surface area (Å²) < 4.78 is 10.2. The molecule has 0 aliphatic carbocycles. The maximum absolute atomic E-state index is 8.70. The molecule has 0 atom stereocenters. The Morgan fingerprint density at radius 2 is 2.00 bits per heavy atom. The fourth-order valence-electron chi connectivity index (χ4n) is 1.12. The number of aliphatic imine (C=N–C) groups is 1. The molecule has 110 valence electrons. The Bertz CT molecular complexity index is 194. The first kappa shape index (κ1) is 20.2. The lowest BCUT2D eigenvalue weighted by Crippen LogP contribution is -2.38. The van der Waals surface area contributed by atoms with Crippen LogP contribution < -0.4 is 10.6 Å². The van der Waals surface area contributed by atoms with Gasteiger partial charge in [-0.25, -0.2) is 0 Å². The van der Waals surface area contributed by atoms with Gasteiger partial charge in [0.1, 0.15) is 0 Å². The van der Waals surface area contributed by atoms with Crippen molar-refractivity contribution in [1.29, 1.82) is 0 Å². The van der Waals surface area contributed by atoms with E-state index < -0.39 is 0 Å². The van der Waals surface area contributed by atoms with Crippen molar-refractivity contribution in [2.75, 3.05) is 53.2 Å². The van der Waals surface area contributed by atoms with E-state index >= 15 is 0 Å². The predicted octanol–water partition coefficient (Wildman–Crippen LogP) is 0.205. The molecule has 0 aromatic heterocycles. The minimum atomic E-state index is 0. The zero-order valence-electron chi connectivity index (χ0n) is 11.3. The number of halogens is 1. The summed E-state index contributed by atoms with van der Waals surface area (Å²) in [6.45, 7) is 6.07. The molecule has 0 rings (SSSR count). The predicted molar refractivity (Wildman–Crippen MR) is 83.8 cm³/mol. The molecular formula is C11H26IN3O3. The van der Waals surface area contributed by atoms with Gasteiger partial charge in [0.15, 0.2) is 5.96 Å². The van der Waals surface area contributed by atoms with Crippen molar-refractivity contribution in [2.24, 2.45) is 4.99 Å². The molecule has 0 aromatic carbocycles. The number of guanidine groups is 1. The summed E-state index contributed by atoms with van der Waals surface area (Å²) in [5.74, 6) is 0.735. The van der Waals surface area contributed by atoms with Gasteiger partial charge in [-0.3, -0.25) is 4.99 Å². The molecule has 0 amide bonds. The Balaban J connectivity index is 0. The van der Waals surface area contributed by atoms with Crippen LogP contribution in [0.3, 0.4) is 0 Å². The number of ether oxygens (including phenoxy) is 2. The van der Waals surface area contributed by atoms with Gasteiger partial charge in [-0.05, 0) is 13.3 Å². The van der Waals surface area contributed by atoms with Crippen LogP contribution in [0.15, 0.2) is 4.99 Å². The average Bonchev–Trinajstić information content (AvgIpc) is 2.34. The fourth-order valence-corrected chi connectivity index (χ4v) is 1.12. The molecule has 0 fully saturated rings. The summed E-state index contributed by atoms with van der Waals surface area (Å²) in [6.07, 6.45) is 0.874. The molecule has 0 saturated heterocycles. The maximum atomic E-state index is 8.70. The number of nitrogens with one attached hydrogen (secondary N) is 2. The molecular weight excluding hydrogens is 349 g/mol. The zero-order valence-corrected chi connectivity index (χ0v) is 13.6. The normalized spacial score (nSPS) is 10.9. The fraction of sp³-hybridized carbons (Fsp3) is 0.909. The molecule has 6 nitrogen and oxygen atoms in total. The van der Waals surface area contributed by atoms with Crippen LogP contribution in [0.4, 0.5) is 0 Å². The lowest BCUT2D eigenvalue weighted by atomic mass is 10.4. The Kier molecular flexibility index (Phi) is 18.9. The number of aliphatic hydroxyl groups excluding tert-OH is 1. The SMILES string of the molecule is CCNC(=NCCCOCCOC)NCCO.I. The number of aliphatic hydroxyl groups is 1. The molecule has 0 aliphatic rings. The van der Waals surface area contributed by atoms with Crippen LogP contribution in [-0.4, -0.2) is 64.2 Å². The second kappa shape index (κ2) is 16.9. The van der Waals surface area contributed by atoms with E-state index in [1.807, 2.05) is 6.92 Å². The van der Waals surface area contributed by atoms with Crippen molar-refractivity contribution < 1.29 is 14.6 Å². The number of methoxy groups -OCH3 is 1. The number of nitrogens with zero attached hydrogens (tertiary/aromatic N) is 1. The van der Waals surface area contributed by atoms with Crippen LogP contribution in [0.25, 0.3) is 0 Å². The van der Waals surface area contributed by atoms with Gasteiger partial charge in [0.05, 0.1) is 19.8 Å². The van der Waals surface area contributed by atoms with Gasteiger partial charge in [-0.1, -0.05) is 0 Å². The van der Waals surface area contributed by atoms with Crippen LogP contribution in [0.5, 0.6) is 0 Å². The van der Waals surface area contributed by atoms with E-state index in [2.05, 4.69) is 15.6 Å². The van der Waals surface area contributed by atoms with E-state index in [-0.39, 0.29) is 30.6 Å². The first-order valence-electron chi connectivity index (χ1n) is 6.04. The van der Waals surface area contributed by atoms with Gasteiger partial charge in [-0.15, -0.1) is 24.0 Å². The van der Waals surface area contributed by atoms with Crippen molar-refractivity contribution in [3.63, 3.8) is 0 Å². The van der Waals surface area contributed by atoms with Crippen molar-refractivity contribution in [3.8, 4) is 0 Å². The first-order valence-corrected chi connectivity index (χ1v) is 6.04. The molecule has 3 N–H and O–H groups in total. The monoisotopic (exact) mass is 375 g/mol.